The van der Waals surface area contributed by atoms with Crippen LogP contribution in [0.15, 0.2) is 12.7 Å². The molecule has 11 heavy (non-hydrogen) atoms. The zero-order valence-corrected chi connectivity index (χ0v) is 7.77. The van der Waals surface area contributed by atoms with Gasteiger partial charge in [0.1, 0.15) is 5.38 Å². The fourth-order valence-corrected chi connectivity index (χ4v) is 0.920. The van der Waals surface area contributed by atoms with E-state index in [9.17, 15) is 4.79 Å². The van der Waals surface area contributed by atoms with Crippen LogP contribution < -0.4 is 0 Å². The van der Waals surface area contributed by atoms with E-state index in [0.29, 0.717) is 13.1 Å². The van der Waals surface area contributed by atoms with Crippen molar-refractivity contribution in [3.8, 4) is 0 Å². The minimum Gasteiger partial charge on any atom is -0.338 e. The number of nitrogens with zero attached hydrogens (tertiary/aromatic N) is 1. The van der Waals surface area contributed by atoms with Crippen molar-refractivity contribution in [3.05, 3.63) is 12.7 Å². The summed E-state index contributed by atoms with van der Waals surface area (Å²) in [6, 6.07) is 0. The minimum atomic E-state index is -0.435. The molecule has 0 fully saturated rings. The summed E-state index contributed by atoms with van der Waals surface area (Å²) in [6.45, 7) is 8.40. The highest BCUT2D eigenvalue weighted by Gasteiger charge is 2.14. The number of halogens is 1. The van der Waals surface area contributed by atoms with Crippen LogP contribution in [-0.4, -0.2) is 29.3 Å². The van der Waals surface area contributed by atoms with Crippen molar-refractivity contribution in [2.75, 3.05) is 13.1 Å². The number of rotatable bonds is 4. The van der Waals surface area contributed by atoms with Gasteiger partial charge in [0.05, 0.1) is 0 Å². The van der Waals surface area contributed by atoms with Crippen molar-refractivity contribution in [3.63, 3.8) is 0 Å². The van der Waals surface area contributed by atoms with Crippen LogP contribution in [0.25, 0.3) is 0 Å². The van der Waals surface area contributed by atoms with Crippen molar-refractivity contribution < 1.29 is 4.79 Å². The molecule has 0 bridgehead atoms. The van der Waals surface area contributed by atoms with Gasteiger partial charge in [-0.3, -0.25) is 4.79 Å². The standard InChI is InChI=1S/C8H14ClNO/c1-4-6-10(5-2)8(11)7(3)9/h4,7H,1,5-6H2,2-3H3. The molecule has 1 unspecified atom stereocenters. The summed E-state index contributed by atoms with van der Waals surface area (Å²) in [5, 5.41) is -0.435. The molecule has 3 heteroatoms. The molecule has 0 aromatic rings. The summed E-state index contributed by atoms with van der Waals surface area (Å²) in [4.78, 5) is 12.9. The largest absolute Gasteiger partial charge is 0.338 e. The number of hydrogen-bond donors (Lipinski definition) is 0. The summed E-state index contributed by atoms with van der Waals surface area (Å²) in [6.07, 6.45) is 1.70. The third kappa shape index (κ3) is 3.42. The monoisotopic (exact) mass is 175 g/mol. The van der Waals surface area contributed by atoms with Gasteiger partial charge in [0.2, 0.25) is 5.91 Å². The first-order chi connectivity index (χ1) is 5.13. The van der Waals surface area contributed by atoms with Crippen LogP contribution in [0.5, 0.6) is 0 Å². The Labute approximate surface area is 72.8 Å². The quantitative estimate of drug-likeness (QED) is 0.470. The molecule has 1 atom stereocenters. The third-order valence-corrected chi connectivity index (χ3v) is 1.57. The molecule has 0 saturated carbocycles. The molecular weight excluding hydrogens is 162 g/mol. The van der Waals surface area contributed by atoms with Gasteiger partial charge in [0, 0.05) is 13.1 Å². The van der Waals surface area contributed by atoms with E-state index in [-0.39, 0.29) is 5.91 Å². The molecule has 0 radical (unpaired) electrons. The highest BCUT2D eigenvalue weighted by Crippen LogP contribution is 2.00. The molecule has 0 aromatic heterocycles. The lowest BCUT2D eigenvalue weighted by molar-refractivity contribution is -0.129. The second kappa shape index (κ2) is 5.19. The van der Waals surface area contributed by atoms with Gasteiger partial charge >= 0.3 is 0 Å². The summed E-state index contributed by atoms with van der Waals surface area (Å²) in [5.74, 6) is -0.0333. The Kier molecular flexibility index (Phi) is 4.95. The van der Waals surface area contributed by atoms with E-state index < -0.39 is 5.38 Å². The average molecular weight is 176 g/mol. The first-order valence-electron chi connectivity index (χ1n) is 3.67. The van der Waals surface area contributed by atoms with Crippen LogP contribution >= 0.6 is 11.6 Å². The number of hydrogen-bond acceptors (Lipinski definition) is 1. The van der Waals surface area contributed by atoms with Crippen molar-refractivity contribution in [2.45, 2.75) is 19.2 Å². The fraction of sp³-hybridized carbons (Fsp3) is 0.625. The molecule has 0 N–H and O–H groups in total. The molecule has 0 heterocycles. The van der Waals surface area contributed by atoms with Gasteiger partial charge in [-0.2, -0.15) is 0 Å². The minimum absolute atomic E-state index is 0.0333. The maximum absolute atomic E-state index is 11.2. The molecular formula is C8H14ClNO. The van der Waals surface area contributed by atoms with Crippen LogP contribution in [0, 0.1) is 0 Å². The predicted octanol–water partition coefficient (Wildman–Crippen LogP) is 1.65. The van der Waals surface area contributed by atoms with Crippen molar-refractivity contribution >= 4 is 17.5 Å². The van der Waals surface area contributed by atoms with E-state index >= 15 is 0 Å². The van der Waals surface area contributed by atoms with E-state index in [1.165, 1.54) is 0 Å². The lowest BCUT2D eigenvalue weighted by Gasteiger charge is -2.19. The number of likely N-dealkylation sites (N-methyl/N-ethyl adjacent to an activating group) is 1. The first-order valence-corrected chi connectivity index (χ1v) is 4.10. The van der Waals surface area contributed by atoms with Gasteiger partial charge in [0.15, 0.2) is 0 Å². The number of amides is 1. The predicted molar refractivity (Wildman–Crippen MR) is 47.8 cm³/mol. The summed E-state index contributed by atoms with van der Waals surface area (Å²) >= 11 is 5.61. The Bertz CT molecular complexity index is 145. The highest BCUT2D eigenvalue weighted by atomic mass is 35.5. The molecule has 0 spiro atoms. The van der Waals surface area contributed by atoms with Crippen molar-refractivity contribution in [2.24, 2.45) is 0 Å². The fourth-order valence-electron chi connectivity index (χ4n) is 0.782. The molecule has 0 rings (SSSR count). The lowest BCUT2D eigenvalue weighted by Crippen LogP contribution is -2.35. The summed E-state index contributed by atoms with van der Waals surface area (Å²) in [5.41, 5.74) is 0. The molecule has 1 amide bonds. The van der Waals surface area contributed by atoms with Gasteiger partial charge in [-0.15, -0.1) is 18.2 Å². The molecule has 0 aliphatic rings. The smallest absolute Gasteiger partial charge is 0.240 e. The Morgan fingerprint density at radius 1 is 1.82 bits per heavy atom. The average Bonchev–Trinajstić information content (AvgIpc) is 1.98. The maximum Gasteiger partial charge on any atom is 0.240 e. The van der Waals surface area contributed by atoms with Gasteiger partial charge in [-0.25, -0.2) is 0 Å². The third-order valence-electron chi connectivity index (χ3n) is 1.38. The van der Waals surface area contributed by atoms with E-state index in [4.69, 9.17) is 11.6 Å². The van der Waals surface area contributed by atoms with Crippen LogP contribution in [0.1, 0.15) is 13.8 Å². The van der Waals surface area contributed by atoms with Crippen LogP contribution in [0.3, 0.4) is 0 Å². The Balaban J connectivity index is 4.02. The van der Waals surface area contributed by atoms with Gasteiger partial charge in [-0.1, -0.05) is 6.08 Å². The Morgan fingerprint density at radius 2 is 2.36 bits per heavy atom. The van der Waals surface area contributed by atoms with E-state index in [2.05, 4.69) is 6.58 Å². The SMILES string of the molecule is C=CCN(CC)C(=O)C(C)Cl. The lowest BCUT2D eigenvalue weighted by atomic mass is 10.3. The normalized spacial score (nSPS) is 12.3. The molecule has 0 aromatic carbocycles. The maximum atomic E-state index is 11.2. The van der Waals surface area contributed by atoms with E-state index in [0.717, 1.165) is 0 Å². The second-order valence-electron chi connectivity index (χ2n) is 2.28. The molecule has 0 aliphatic heterocycles. The van der Waals surface area contributed by atoms with E-state index in [1.807, 2.05) is 6.92 Å². The molecule has 64 valence electrons. The van der Waals surface area contributed by atoms with Gasteiger partial charge < -0.3 is 4.90 Å². The van der Waals surface area contributed by atoms with Crippen LogP contribution in [0.2, 0.25) is 0 Å². The number of carbonyl (C=O) groups excluding carboxylic acids is 1. The highest BCUT2D eigenvalue weighted by molar-refractivity contribution is 6.30. The van der Waals surface area contributed by atoms with Crippen LogP contribution in [0.4, 0.5) is 0 Å². The van der Waals surface area contributed by atoms with Crippen LogP contribution in [-0.2, 0) is 4.79 Å². The van der Waals surface area contributed by atoms with Gasteiger partial charge in [-0.05, 0) is 13.8 Å². The van der Waals surface area contributed by atoms with Crippen molar-refractivity contribution in [1.29, 1.82) is 0 Å². The van der Waals surface area contributed by atoms with Gasteiger partial charge in [0.25, 0.3) is 0 Å². The second-order valence-corrected chi connectivity index (χ2v) is 2.94. The Hall–Kier alpha value is -0.500. The van der Waals surface area contributed by atoms with E-state index in [1.54, 1.807) is 17.9 Å². The zero-order chi connectivity index (χ0) is 8.85. The topological polar surface area (TPSA) is 20.3 Å². The number of carbonyl (C=O) groups is 1. The summed E-state index contributed by atoms with van der Waals surface area (Å²) in [7, 11) is 0. The van der Waals surface area contributed by atoms with Crippen molar-refractivity contribution in [1.82, 2.24) is 4.90 Å². The number of alkyl halides is 1. The first kappa shape index (κ1) is 10.5. The summed E-state index contributed by atoms with van der Waals surface area (Å²) < 4.78 is 0. The molecule has 2 nitrogen and oxygen atoms in total. The molecule has 0 aliphatic carbocycles. The Morgan fingerprint density at radius 3 is 2.64 bits per heavy atom. The zero-order valence-electron chi connectivity index (χ0n) is 7.01. The molecule has 0 saturated heterocycles.